The highest BCUT2D eigenvalue weighted by Gasteiger charge is 2.06. The molecule has 0 fully saturated rings. The van der Waals surface area contributed by atoms with Crippen molar-refractivity contribution in [1.29, 1.82) is 0 Å². The highest BCUT2D eigenvalue weighted by Crippen LogP contribution is 2.20. The third-order valence-electron chi connectivity index (χ3n) is 2.40. The van der Waals surface area contributed by atoms with E-state index in [1.54, 1.807) is 0 Å². The van der Waals surface area contributed by atoms with Crippen LogP contribution in [0.5, 0.6) is 0 Å². The molecule has 1 aromatic heterocycles. The fraction of sp³-hybridized carbons (Fsp3) is 0.182. The number of aromatic nitrogens is 2. The summed E-state index contributed by atoms with van der Waals surface area (Å²) in [6.45, 7) is 0.514. The zero-order valence-electron chi connectivity index (χ0n) is 8.44. The number of hydrogen-bond acceptors (Lipinski definition) is 2. The number of rotatable bonds is 2. The van der Waals surface area contributed by atoms with Gasteiger partial charge in [0, 0.05) is 23.6 Å². The van der Waals surface area contributed by atoms with Gasteiger partial charge in [0.05, 0.1) is 11.9 Å². The monoisotopic (exact) mass is 265 g/mol. The van der Waals surface area contributed by atoms with Gasteiger partial charge in [-0.2, -0.15) is 0 Å². The number of hydrogen-bond donors (Lipinski definition) is 1. The van der Waals surface area contributed by atoms with Crippen molar-refractivity contribution in [2.24, 2.45) is 12.8 Å². The molecule has 0 radical (unpaired) electrons. The Morgan fingerprint density at radius 1 is 1.33 bits per heavy atom. The Balaban J connectivity index is 2.45. The number of halogens is 1. The standard InChI is InChI=1S/C11H12BrN3/c1-15-10(6-13)7-14-11(15)8-2-4-9(12)5-3-8/h2-5,7H,6,13H2,1H3. The maximum absolute atomic E-state index is 5.60. The summed E-state index contributed by atoms with van der Waals surface area (Å²) in [5.41, 5.74) is 7.73. The molecule has 0 saturated heterocycles. The third-order valence-corrected chi connectivity index (χ3v) is 2.92. The van der Waals surface area contributed by atoms with E-state index in [1.807, 2.05) is 42.1 Å². The normalized spacial score (nSPS) is 10.6. The van der Waals surface area contributed by atoms with Gasteiger partial charge in [-0.15, -0.1) is 0 Å². The lowest BCUT2D eigenvalue weighted by Crippen LogP contribution is -2.04. The average Bonchev–Trinajstić information content (AvgIpc) is 2.61. The fourth-order valence-corrected chi connectivity index (χ4v) is 1.77. The number of nitrogens with zero attached hydrogens (tertiary/aromatic N) is 2. The molecule has 0 aliphatic carbocycles. The highest BCUT2D eigenvalue weighted by molar-refractivity contribution is 9.10. The number of nitrogens with two attached hydrogens (primary N) is 1. The van der Waals surface area contributed by atoms with Crippen LogP contribution in [-0.4, -0.2) is 9.55 Å². The van der Waals surface area contributed by atoms with Crippen molar-refractivity contribution in [1.82, 2.24) is 9.55 Å². The lowest BCUT2D eigenvalue weighted by atomic mass is 10.2. The second kappa shape index (κ2) is 4.16. The minimum atomic E-state index is 0.514. The zero-order valence-corrected chi connectivity index (χ0v) is 10.0. The van der Waals surface area contributed by atoms with E-state index >= 15 is 0 Å². The van der Waals surface area contributed by atoms with Gasteiger partial charge in [-0.05, 0) is 12.1 Å². The first kappa shape index (κ1) is 10.4. The molecule has 4 heteroatoms. The van der Waals surface area contributed by atoms with Crippen molar-refractivity contribution in [3.63, 3.8) is 0 Å². The van der Waals surface area contributed by atoms with Crippen LogP contribution in [0.25, 0.3) is 11.4 Å². The van der Waals surface area contributed by atoms with E-state index in [1.165, 1.54) is 0 Å². The van der Waals surface area contributed by atoms with E-state index < -0.39 is 0 Å². The molecule has 0 atom stereocenters. The van der Waals surface area contributed by atoms with E-state index in [0.29, 0.717) is 6.54 Å². The zero-order chi connectivity index (χ0) is 10.8. The molecule has 0 aliphatic rings. The molecule has 2 N–H and O–H groups in total. The summed E-state index contributed by atoms with van der Waals surface area (Å²) in [6, 6.07) is 8.08. The fourth-order valence-electron chi connectivity index (χ4n) is 1.50. The second-order valence-electron chi connectivity index (χ2n) is 3.34. The van der Waals surface area contributed by atoms with Crippen LogP contribution >= 0.6 is 15.9 Å². The van der Waals surface area contributed by atoms with Crippen LogP contribution in [0.2, 0.25) is 0 Å². The molecule has 15 heavy (non-hydrogen) atoms. The molecule has 2 aromatic rings. The second-order valence-corrected chi connectivity index (χ2v) is 4.26. The Labute approximate surface area is 97.1 Å². The van der Waals surface area contributed by atoms with Gasteiger partial charge in [0.25, 0.3) is 0 Å². The molecule has 2 rings (SSSR count). The van der Waals surface area contributed by atoms with Crippen LogP contribution < -0.4 is 5.73 Å². The van der Waals surface area contributed by atoms with E-state index in [2.05, 4.69) is 20.9 Å². The van der Waals surface area contributed by atoms with Crippen molar-refractivity contribution < 1.29 is 0 Å². The summed E-state index contributed by atoms with van der Waals surface area (Å²) in [7, 11) is 1.98. The summed E-state index contributed by atoms with van der Waals surface area (Å²) in [6.07, 6.45) is 1.82. The summed E-state index contributed by atoms with van der Waals surface area (Å²) in [4.78, 5) is 4.35. The first-order chi connectivity index (χ1) is 7.22. The minimum Gasteiger partial charge on any atom is -0.330 e. The lowest BCUT2D eigenvalue weighted by molar-refractivity contribution is 0.828. The van der Waals surface area contributed by atoms with Crippen molar-refractivity contribution in [3.8, 4) is 11.4 Å². The predicted molar refractivity (Wildman–Crippen MR) is 64.2 cm³/mol. The Kier molecular flexibility index (Phi) is 2.88. The molecule has 0 spiro atoms. The average molecular weight is 266 g/mol. The first-order valence-corrected chi connectivity index (χ1v) is 5.48. The maximum Gasteiger partial charge on any atom is 0.139 e. The topological polar surface area (TPSA) is 43.8 Å². The summed E-state index contributed by atoms with van der Waals surface area (Å²) >= 11 is 3.41. The number of benzene rings is 1. The quantitative estimate of drug-likeness (QED) is 0.906. The van der Waals surface area contributed by atoms with Gasteiger partial charge in [-0.1, -0.05) is 28.1 Å². The molecule has 1 heterocycles. The molecule has 1 aromatic carbocycles. The largest absolute Gasteiger partial charge is 0.330 e. The van der Waals surface area contributed by atoms with Gasteiger partial charge < -0.3 is 10.3 Å². The maximum atomic E-state index is 5.60. The van der Waals surface area contributed by atoms with Gasteiger partial charge in [0.1, 0.15) is 5.82 Å². The Bertz CT molecular complexity index is 459. The number of imidazole rings is 1. The van der Waals surface area contributed by atoms with Gasteiger partial charge in [-0.25, -0.2) is 4.98 Å². The lowest BCUT2D eigenvalue weighted by Gasteiger charge is -2.04. The van der Waals surface area contributed by atoms with Crippen molar-refractivity contribution in [3.05, 3.63) is 40.6 Å². The molecule has 0 bridgehead atoms. The predicted octanol–water partition coefficient (Wildman–Crippen LogP) is 2.31. The minimum absolute atomic E-state index is 0.514. The van der Waals surface area contributed by atoms with Gasteiger partial charge in [-0.3, -0.25) is 0 Å². The molecule has 78 valence electrons. The van der Waals surface area contributed by atoms with E-state index in [9.17, 15) is 0 Å². The molecular weight excluding hydrogens is 254 g/mol. The molecule has 0 saturated carbocycles. The molecular formula is C11H12BrN3. The van der Waals surface area contributed by atoms with Crippen molar-refractivity contribution >= 4 is 15.9 Å². The van der Waals surface area contributed by atoms with E-state index in [-0.39, 0.29) is 0 Å². The summed E-state index contributed by atoms with van der Waals surface area (Å²) < 4.78 is 3.09. The third kappa shape index (κ3) is 1.96. The smallest absolute Gasteiger partial charge is 0.139 e. The van der Waals surface area contributed by atoms with Gasteiger partial charge in [0.15, 0.2) is 0 Å². The summed E-state index contributed by atoms with van der Waals surface area (Å²) in [5, 5.41) is 0. The first-order valence-electron chi connectivity index (χ1n) is 4.69. The van der Waals surface area contributed by atoms with Gasteiger partial charge in [0.2, 0.25) is 0 Å². The molecule has 0 unspecified atom stereocenters. The van der Waals surface area contributed by atoms with Crippen molar-refractivity contribution in [2.45, 2.75) is 6.54 Å². The van der Waals surface area contributed by atoms with Crippen LogP contribution in [0.4, 0.5) is 0 Å². The Morgan fingerprint density at radius 3 is 2.53 bits per heavy atom. The molecule has 0 amide bonds. The van der Waals surface area contributed by atoms with E-state index in [0.717, 1.165) is 21.6 Å². The Morgan fingerprint density at radius 2 is 2.00 bits per heavy atom. The summed E-state index contributed by atoms with van der Waals surface area (Å²) in [5.74, 6) is 0.947. The van der Waals surface area contributed by atoms with Crippen LogP contribution in [0.3, 0.4) is 0 Å². The highest BCUT2D eigenvalue weighted by atomic mass is 79.9. The van der Waals surface area contributed by atoms with E-state index in [4.69, 9.17) is 5.73 Å². The van der Waals surface area contributed by atoms with Crippen LogP contribution in [0.15, 0.2) is 34.9 Å². The molecule has 3 nitrogen and oxygen atoms in total. The van der Waals surface area contributed by atoms with Crippen LogP contribution in [0.1, 0.15) is 5.69 Å². The Hall–Kier alpha value is -1.13. The molecule has 0 aliphatic heterocycles. The SMILES string of the molecule is Cn1c(CN)cnc1-c1ccc(Br)cc1. The van der Waals surface area contributed by atoms with Crippen LogP contribution in [0, 0.1) is 0 Å². The van der Waals surface area contributed by atoms with Crippen molar-refractivity contribution in [2.75, 3.05) is 0 Å². The van der Waals surface area contributed by atoms with Gasteiger partial charge >= 0.3 is 0 Å². The van der Waals surface area contributed by atoms with Crippen LogP contribution in [-0.2, 0) is 13.6 Å².